The molecule has 0 bridgehead atoms. The van der Waals surface area contributed by atoms with Crippen molar-refractivity contribution in [1.29, 1.82) is 0 Å². The van der Waals surface area contributed by atoms with Crippen molar-refractivity contribution in [2.45, 2.75) is 38.8 Å². The van der Waals surface area contributed by atoms with Crippen LogP contribution in [0.15, 0.2) is 67.1 Å². The minimum absolute atomic E-state index is 0.147. The Bertz CT molecular complexity index is 959. The molecule has 0 saturated heterocycles. The normalized spacial score (nSPS) is 11.8. The second-order valence-electron chi connectivity index (χ2n) is 7.07. The molecule has 0 unspecified atom stereocenters. The lowest BCUT2D eigenvalue weighted by Gasteiger charge is -2.22. The van der Waals surface area contributed by atoms with Crippen LogP contribution in [0.3, 0.4) is 0 Å². The van der Waals surface area contributed by atoms with Crippen LogP contribution in [-0.2, 0) is 29.5 Å². The monoisotopic (exact) mass is 431 g/mol. The molecule has 29 heavy (non-hydrogen) atoms. The van der Waals surface area contributed by atoms with Crippen molar-refractivity contribution in [2.75, 3.05) is 5.75 Å². The molecule has 0 amide bonds. The Morgan fingerprint density at radius 1 is 0.897 bits per heavy atom. The molecule has 0 radical (unpaired) electrons. The van der Waals surface area contributed by atoms with Gasteiger partial charge in [-0.3, -0.25) is 0 Å². The SMILES string of the molecule is O=S(=O)(CCCCCc1c[nH]cn1)N(Cc1ccccc1)Cc1ccc(Cl)cc1. The third-order valence-corrected chi connectivity index (χ3v) is 6.86. The van der Waals surface area contributed by atoms with Gasteiger partial charge in [0, 0.05) is 24.3 Å². The smallest absolute Gasteiger partial charge is 0.214 e. The van der Waals surface area contributed by atoms with Crippen molar-refractivity contribution in [1.82, 2.24) is 14.3 Å². The molecule has 0 aliphatic carbocycles. The second-order valence-corrected chi connectivity index (χ2v) is 9.59. The van der Waals surface area contributed by atoms with Crippen LogP contribution in [0.4, 0.5) is 0 Å². The summed E-state index contributed by atoms with van der Waals surface area (Å²) in [4.78, 5) is 7.14. The number of benzene rings is 2. The summed E-state index contributed by atoms with van der Waals surface area (Å²) in [5, 5.41) is 0.642. The molecule has 2 aromatic carbocycles. The fourth-order valence-electron chi connectivity index (χ4n) is 3.16. The molecule has 0 saturated carbocycles. The number of nitrogens with zero attached hydrogens (tertiary/aromatic N) is 2. The zero-order valence-electron chi connectivity index (χ0n) is 16.3. The van der Waals surface area contributed by atoms with E-state index in [-0.39, 0.29) is 5.75 Å². The summed E-state index contributed by atoms with van der Waals surface area (Å²) in [6.07, 6.45) is 6.83. The molecule has 0 fully saturated rings. The summed E-state index contributed by atoms with van der Waals surface area (Å²) >= 11 is 5.96. The van der Waals surface area contributed by atoms with Gasteiger partial charge in [-0.1, -0.05) is 60.5 Å². The van der Waals surface area contributed by atoms with E-state index in [1.165, 1.54) is 0 Å². The maximum atomic E-state index is 13.1. The summed E-state index contributed by atoms with van der Waals surface area (Å²) in [5.74, 6) is 0.147. The van der Waals surface area contributed by atoms with Gasteiger partial charge < -0.3 is 4.98 Å². The van der Waals surface area contributed by atoms with Gasteiger partial charge in [-0.2, -0.15) is 4.31 Å². The van der Waals surface area contributed by atoms with Gasteiger partial charge >= 0.3 is 0 Å². The van der Waals surface area contributed by atoms with Gasteiger partial charge in [-0.25, -0.2) is 13.4 Å². The molecule has 1 aromatic heterocycles. The van der Waals surface area contributed by atoms with E-state index in [2.05, 4.69) is 9.97 Å². The first-order valence-corrected chi connectivity index (χ1v) is 11.8. The summed E-state index contributed by atoms with van der Waals surface area (Å²) in [7, 11) is -3.38. The first kappa shape index (κ1) is 21.6. The number of aromatic amines is 1. The van der Waals surface area contributed by atoms with Gasteiger partial charge in [0.15, 0.2) is 0 Å². The van der Waals surface area contributed by atoms with E-state index in [4.69, 9.17) is 11.6 Å². The molecular formula is C22H26ClN3O2S. The first-order chi connectivity index (χ1) is 14.0. The Kier molecular flexibility index (Phi) is 7.86. The minimum atomic E-state index is -3.38. The fraction of sp³-hybridized carbons (Fsp3) is 0.318. The van der Waals surface area contributed by atoms with Crippen LogP contribution >= 0.6 is 11.6 Å². The van der Waals surface area contributed by atoms with Crippen LogP contribution in [0, 0.1) is 0 Å². The Balaban J connectivity index is 1.61. The Hall–Kier alpha value is -2.15. The van der Waals surface area contributed by atoms with Gasteiger partial charge in [0.1, 0.15) is 0 Å². The van der Waals surface area contributed by atoms with E-state index in [0.717, 1.165) is 36.1 Å². The zero-order chi connectivity index (χ0) is 20.5. The lowest BCUT2D eigenvalue weighted by molar-refractivity contribution is 0.400. The van der Waals surface area contributed by atoms with E-state index in [0.29, 0.717) is 24.5 Å². The highest BCUT2D eigenvalue weighted by molar-refractivity contribution is 7.89. The Morgan fingerprint density at radius 3 is 2.24 bits per heavy atom. The second kappa shape index (κ2) is 10.6. The molecular weight excluding hydrogens is 406 g/mol. The van der Waals surface area contributed by atoms with Crippen LogP contribution in [0.2, 0.25) is 5.02 Å². The highest BCUT2D eigenvalue weighted by Gasteiger charge is 2.22. The Labute approximate surface area is 177 Å². The molecule has 5 nitrogen and oxygen atoms in total. The molecule has 1 heterocycles. The van der Waals surface area contributed by atoms with Gasteiger partial charge in [-0.05, 0) is 42.5 Å². The molecule has 0 atom stereocenters. The zero-order valence-corrected chi connectivity index (χ0v) is 17.9. The van der Waals surface area contributed by atoms with Crippen molar-refractivity contribution in [3.8, 4) is 0 Å². The van der Waals surface area contributed by atoms with Gasteiger partial charge in [0.2, 0.25) is 10.0 Å². The summed E-state index contributed by atoms with van der Waals surface area (Å²) in [6.45, 7) is 0.695. The van der Waals surface area contributed by atoms with Gasteiger partial charge in [0.25, 0.3) is 0 Å². The van der Waals surface area contributed by atoms with Crippen molar-refractivity contribution < 1.29 is 8.42 Å². The van der Waals surface area contributed by atoms with Crippen LogP contribution in [0.5, 0.6) is 0 Å². The topological polar surface area (TPSA) is 66.1 Å². The highest BCUT2D eigenvalue weighted by Crippen LogP contribution is 2.18. The van der Waals surface area contributed by atoms with Crippen LogP contribution in [0.25, 0.3) is 0 Å². The molecule has 154 valence electrons. The number of halogens is 1. The molecule has 1 N–H and O–H groups in total. The minimum Gasteiger partial charge on any atom is -0.351 e. The van der Waals surface area contributed by atoms with Crippen molar-refractivity contribution in [3.05, 3.63) is 89.0 Å². The molecule has 3 aromatic rings. The fourth-order valence-corrected chi connectivity index (χ4v) is 4.80. The lowest BCUT2D eigenvalue weighted by Crippen LogP contribution is -2.32. The third kappa shape index (κ3) is 6.99. The predicted molar refractivity (Wildman–Crippen MR) is 117 cm³/mol. The lowest BCUT2D eigenvalue weighted by atomic mass is 10.2. The number of hydrogen-bond donors (Lipinski definition) is 1. The number of aromatic nitrogens is 2. The van der Waals surface area contributed by atoms with Crippen molar-refractivity contribution >= 4 is 21.6 Å². The van der Waals surface area contributed by atoms with E-state index >= 15 is 0 Å². The van der Waals surface area contributed by atoms with Crippen molar-refractivity contribution in [2.24, 2.45) is 0 Å². The number of imidazole rings is 1. The van der Waals surface area contributed by atoms with E-state index in [9.17, 15) is 8.42 Å². The van der Waals surface area contributed by atoms with Crippen molar-refractivity contribution in [3.63, 3.8) is 0 Å². The average Bonchev–Trinajstić information content (AvgIpc) is 3.23. The van der Waals surface area contributed by atoms with Crippen LogP contribution < -0.4 is 0 Å². The number of aryl methyl sites for hydroxylation is 1. The molecule has 0 aliphatic rings. The number of rotatable bonds is 11. The maximum absolute atomic E-state index is 13.1. The predicted octanol–water partition coefficient (Wildman–Crippen LogP) is 4.81. The van der Waals surface area contributed by atoms with E-state index in [1.54, 1.807) is 22.8 Å². The highest BCUT2D eigenvalue weighted by atomic mass is 35.5. The molecule has 3 rings (SSSR count). The van der Waals surface area contributed by atoms with Crippen LogP contribution in [-0.4, -0.2) is 28.4 Å². The van der Waals surface area contributed by atoms with Gasteiger partial charge in [0.05, 0.1) is 17.8 Å². The standard InChI is InChI=1S/C22H26ClN3O2S/c23-21-12-10-20(11-13-21)17-26(16-19-7-3-1-4-8-19)29(27,28)14-6-2-5-9-22-15-24-18-25-22/h1,3-4,7-8,10-13,15,18H,2,5-6,9,14,16-17H2,(H,24,25). The molecule has 0 spiro atoms. The Morgan fingerprint density at radius 2 is 1.59 bits per heavy atom. The number of H-pyrrole nitrogens is 1. The number of unbranched alkanes of at least 4 members (excludes halogenated alkanes) is 2. The number of nitrogens with one attached hydrogen (secondary N) is 1. The summed E-state index contributed by atoms with van der Waals surface area (Å²) in [6, 6.07) is 17.0. The van der Waals surface area contributed by atoms with Gasteiger partial charge in [-0.15, -0.1) is 0 Å². The average molecular weight is 432 g/mol. The molecule has 0 aliphatic heterocycles. The third-order valence-electron chi connectivity index (χ3n) is 4.76. The number of hydrogen-bond acceptors (Lipinski definition) is 3. The van der Waals surface area contributed by atoms with E-state index in [1.807, 2.05) is 48.7 Å². The first-order valence-electron chi connectivity index (χ1n) is 9.77. The molecule has 7 heteroatoms. The largest absolute Gasteiger partial charge is 0.351 e. The van der Waals surface area contributed by atoms with E-state index < -0.39 is 10.0 Å². The maximum Gasteiger partial charge on any atom is 0.214 e. The quantitative estimate of drug-likeness (QED) is 0.443. The summed E-state index contributed by atoms with van der Waals surface area (Å²) in [5.41, 5.74) is 2.91. The number of sulfonamides is 1. The van der Waals surface area contributed by atoms with Crippen LogP contribution in [0.1, 0.15) is 36.1 Å². The summed E-state index contributed by atoms with van der Waals surface area (Å²) < 4.78 is 27.7.